The lowest BCUT2D eigenvalue weighted by molar-refractivity contribution is -0.137. The Hall–Kier alpha value is -3.25. The van der Waals surface area contributed by atoms with E-state index >= 15 is 4.39 Å². The lowest BCUT2D eigenvalue weighted by atomic mass is 9.83. The highest BCUT2D eigenvalue weighted by atomic mass is 35.5. The van der Waals surface area contributed by atoms with Gasteiger partial charge in [-0.2, -0.15) is 0 Å². The number of rotatable bonds is 8. The predicted molar refractivity (Wildman–Crippen MR) is 135 cm³/mol. The van der Waals surface area contributed by atoms with E-state index in [9.17, 15) is 9.59 Å². The number of benzene rings is 2. The van der Waals surface area contributed by atoms with E-state index in [-0.39, 0.29) is 18.2 Å². The smallest absolute Gasteiger partial charge is 0.303 e. The van der Waals surface area contributed by atoms with Gasteiger partial charge in [0.15, 0.2) is 0 Å². The number of aryl methyl sites for hydroxylation is 1. The number of amides is 1. The Kier molecular flexibility index (Phi) is 7.81. The van der Waals surface area contributed by atoms with Crippen LogP contribution in [-0.4, -0.2) is 22.0 Å². The molecule has 1 aliphatic carbocycles. The third kappa shape index (κ3) is 5.88. The molecule has 4 rings (SSSR count). The second kappa shape index (κ2) is 11.0. The van der Waals surface area contributed by atoms with Gasteiger partial charge in [-0.1, -0.05) is 48.7 Å². The Balaban J connectivity index is 1.63. The summed E-state index contributed by atoms with van der Waals surface area (Å²) in [5.74, 6) is -2.11. The van der Waals surface area contributed by atoms with Gasteiger partial charge in [0.1, 0.15) is 5.82 Å². The molecule has 5 nitrogen and oxygen atoms in total. The maximum atomic E-state index is 15.5. The van der Waals surface area contributed by atoms with Gasteiger partial charge < -0.3 is 10.4 Å². The first kappa shape index (κ1) is 24.9. The van der Waals surface area contributed by atoms with Crippen molar-refractivity contribution in [1.29, 1.82) is 0 Å². The summed E-state index contributed by atoms with van der Waals surface area (Å²) in [6.45, 7) is 1.87. The molecule has 1 saturated carbocycles. The Labute approximate surface area is 209 Å². The van der Waals surface area contributed by atoms with Crippen molar-refractivity contribution in [3.8, 4) is 11.1 Å². The zero-order valence-corrected chi connectivity index (χ0v) is 20.3. The fourth-order valence-electron chi connectivity index (χ4n) is 4.97. The highest BCUT2D eigenvalue weighted by Gasteiger charge is 2.34. The van der Waals surface area contributed by atoms with Crippen LogP contribution >= 0.6 is 11.6 Å². The number of aliphatic carboxylic acids is 1. The van der Waals surface area contributed by atoms with Crippen LogP contribution in [0.25, 0.3) is 11.1 Å². The minimum atomic E-state index is -0.868. The molecule has 0 aliphatic heterocycles. The fraction of sp³-hybridized carbons (Fsp3) is 0.321. The summed E-state index contributed by atoms with van der Waals surface area (Å²) in [6.07, 6.45) is 7.33. The molecule has 7 heteroatoms. The zero-order valence-electron chi connectivity index (χ0n) is 19.6. The van der Waals surface area contributed by atoms with Crippen molar-refractivity contribution in [2.24, 2.45) is 5.92 Å². The molecule has 1 aliphatic rings. The van der Waals surface area contributed by atoms with E-state index in [1.54, 1.807) is 36.5 Å². The Morgan fingerprint density at radius 2 is 1.91 bits per heavy atom. The molecule has 182 valence electrons. The second-order valence-corrected chi connectivity index (χ2v) is 9.56. The largest absolute Gasteiger partial charge is 0.481 e. The van der Waals surface area contributed by atoms with E-state index in [2.05, 4.69) is 10.3 Å². The van der Waals surface area contributed by atoms with Gasteiger partial charge >= 0.3 is 5.97 Å². The minimum absolute atomic E-state index is 0.0165. The maximum Gasteiger partial charge on any atom is 0.303 e. The summed E-state index contributed by atoms with van der Waals surface area (Å²) in [4.78, 5) is 28.6. The van der Waals surface area contributed by atoms with Crippen molar-refractivity contribution in [1.82, 2.24) is 4.98 Å². The molecule has 1 unspecified atom stereocenters. The summed E-state index contributed by atoms with van der Waals surface area (Å²) in [5.41, 5.74) is 4.06. The average molecular weight is 495 g/mol. The number of carbonyl (C=O) groups is 2. The molecule has 35 heavy (non-hydrogen) atoms. The Morgan fingerprint density at radius 1 is 1.14 bits per heavy atom. The van der Waals surface area contributed by atoms with E-state index in [1.165, 1.54) is 12.3 Å². The Morgan fingerprint density at radius 3 is 2.60 bits per heavy atom. The summed E-state index contributed by atoms with van der Waals surface area (Å²) >= 11 is 6.04. The van der Waals surface area contributed by atoms with Crippen LogP contribution < -0.4 is 5.32 Å². The molecule has 0 spiro atoms. The SMILES string of the molecule is Cc1c(CCC(=O)O)cccc1NC(=O)C(c1ccc(-c2cncc(Cl)c2)cc1F)C1CCCC1. The molecule has 1 amide bonds. The summed E-state index contributed by atoms with van der Waals surface area (Å²) in [7, 11) is 0. The second-order valence-electron chi connectivity index (χ2n) is 9.12. The number of halogens is 2. The zero-order chi connectivity index (χ0) is 24.9. The lowest BCUT2D eigenvalue weighted by Crippen LogP contribution is -2.27. The van der Waals surface area contributed by atoms with Crippen LogP contribution in [0.15, 0.2) is 54.9 Å². The topological polar surface area (TPSA) is 79.3 Å². The molecule has 0 saturated heterocycles. The van der Waals surface area contributed by atoms with Gasteiger partial charge in [0.2, 0.25) is 5.91 Å². The average Bonchev–Trinajstić information content (AvgIpc) is 3.35. The molecule has 1 atom stereocenters. The number of aromatic nitrogens is 1. The quantitative estimate of drug-likeness (QED) is 0.361. The van der Waals surface area contributed by atoms with Crippen LogP contribution in [0.2, 0.25) is 5.02 Å². The van der Waals surface area contributed by atoms with Gasteiger partial charge in [-0.05, 0) is 67.0 Å². The van der Waals surface area contributed by atoms with Crippen LogP contribution in [0, 0.1) is 18.7 Å². The third-order valence-corrected chi connectivity index (χ3v) is 7.05. The third-order valence-electron chi connectivity index (χ3n) is 6.84. The first-order chi connectivity index (χ1) is 16.8. The predicted octanol–water partition coefficient (Wildman–Crippen LogP) is 6.78. The molecular formula is C28H28ClFN2O3. The first-order valence-electron chi connectivity index (χ1n) is 11.8. The molecule has 0 radical (unpaired) electrons. The van der Waals surface area contributed by atoms with Crippen LogP contribution in [-0.2, 0) is 16.0 Å². The Bertz CT molecular complexity index is 1240. The fourth-order valence-corrected chi connectivity index (χ4v) is 5.14. The van der Waals surface area contributed by atoms with Crippen LogP contribution in [0.4, 0.5) is 10.1 Å². The number of nitrogens with one attached hydrogen (secondary N) is 1. The first-order valence-corrected chi connectivity index (χ1v) is 12.2. The highest BCUT2D eigenvalue weighted by molar-refractivity contribution is 6.30. The number of nitrogens with zero attached hydrogens (tertiary/aromatic N) is 1. The molecule has 1 fully saturated rings. The van der Waals surface area contributed by atoms with Crippen molar-refractivity contribution in [2.45, 2.75) is 51.4 Å². The maximum absolute atomic E-state index is 15.5. The van der Waals surface area contributed by atoms with Crippen molar-refractivity contribution >= 4 is 29.2 Å². The minimum Gasteiger partial charge on any atom is -0.481 e. The van der Waals surface area contributed by atoms with E-state index in [0.717, 1.165) is 36.8 Å². The molecule has 0 bridgehead atoms. The summed E-state index contributed by atoms with van der Waals surface area (Å²) in [6, 6.07) is 12.1. The molecule has 1 aromatic heterocycles. The van der Waals surface area contributed by atoms with Gasteiger partial charge in [0.25, 0.3) is 0 Å². The summed E-state index contributed by atoms with van der Waals surface area (Å²) < 4.78 is 15.5. The number of carboxylic acid groups (broad SMARTS) is 1. The van der Waals surface area contributed by atoms with Gasteiger partial charge in [-0.15, -0.1) is 0 Å². The van der Waals surface area contributed by atoms with Crippen molar-refractivity contribution < 1.29 is 19.1 Å². The van der Waals surface area contributed by atoms with Crippen molar-refractivity contribution in [3.05, 3.63) is 82.4 Å². The van der Waals surface area contributed by atoms with Gasteiger partial charge in [-0.25, -0.2) is 4.39 Å². The van der Waals surface area contributed by atoms with Crippen molar-refractivity contribution in [3.63, 3.8) is 0 Å². The normalized spacial score (nSPS) is 14.6. The number of carboxylic acids is 1. The number of carbonyl (C=O) groups excluding carboxylic acids is 1. The van der Waals surface area contributed by atoms with E-state index in [0.29, 0.717) is 33.8 Å². The van der Waals surface area contributed by atoms with E-state index in [1.807, 2.05) is 13.0 Å². The molecule has 3 aromatic rings. The molecule has 1 heterocycles. The van der Waals surface area contributed by atoms with Crippen LogP contribution in [0.1, 0.15) is 54.7 Å². The lowest BCUT2D eigenvalue weighted by Gasteiger charge is -2.25. The number of pyridine rings is 1. The molecular weight excluding hydrogens is 467 g/mol. The monoisotopic (exact) mass is 494 g/mol. The standard InChI is InChI=1S/C28H28ClFN2O3/c1-17-18(10-12-26(33)34)7-4-8-25(17)32-28(35)27(19-5-2-3-6-19)23-11-9-20(14-24(23)30)21-13-22(29)16-31-15-21/h4,7-9,11,13-16,19,27H,2-3,5-6,10,12H2,1H3,(H,32,35)(H,33,34). The van der Waals surface area contributed by atoms with Crippen LogP contribution in [0.3, 0.4) is 0 Å². The molecule has 2 aromatic carbocycles. The van der Waals surface area contributed by atoms with Gasteiger partial charge in [0, 0.05) is 35.6 Å². The van der Waals surface area contributed by atoms with Gasteiger partial charge in [-0.3, -0.25) is 14.6 Å². The number of hydrogen-bond donors (Lipinski definition) is 2. The molecule has 2 N–H and O–H groups in total. The number of anilines is 1. The van der Waals surface area contributed by atoms with E-state index < -0.39 is 17.7 Å². The number of hydrogen-bond acceptors (Lipinski definition) is 3. The van der Waals surface area contributed by atoms with Crippen LogP contribution in [0.5, 0.6) is 0 Å². The summed E-state index contributed by atoms with van der Waals surface area (Å²) in [5, 5.41) is 12.5. The van der Waals surface area contributed by atoms with Crippen molar-refractivity contribution in [2.75, 3.05) is 5.32 Å². The van der Waals surface area contributed by atoms with Gasteiger partial charge in [0.05, 0.1) is 10.9 Å². The van der Waals surface area contributed by atoms with E-state index in [4.69, 9.17) is 16.7 Å². The highest BCUT2D eigenvalue weighted by Crippen LogP contribution is 2.40.